The van der Waals surface area contributed by atoms with Gasteiger partial charge in [-0.15, -0.1) is 0 Å². The molecular weight excluding hydrogens is 408 g/mol. The topological polar surface area (TPSA) is 74.2 Å². The first kappa shape index (κ1) is 25.8. The molecule has 2 aliphatic heterocycles. The lowest BCUT2D eigenvalue weighted by atomic mass is 9.89. The van der Waals surface area contributed by atoms with Gasteiger partial charge in [-0.05, 0) is 50.9 Å². The monoisotopic (exact) mass is 452 g/mol. The normalized spacial score (nSPS) is 35.7. The maximum Gasteiger partial charge on any atom is 0.158 e. The van der Waals surface area contributed by atoms with E-state index in [2.05, 4.69) is 26.0 Å². The Morgan fingerprint density at radius 1 is 1.09 bits per heavy atom. The van der Waals surface area contributed by atoms with Crippen LogP contribution < -0.4 is 0 Å². The van der Waals surface area contributed by atoms with Crippen molar-refractivity contribution >= 4 is 6.29 Å². The lowest BCUT2D eigenvalue weighted by Crippen LogP contribution is -2.32. The molecule has 32 heavy (non-hydrogen) atoms. The number of aliphatic hydroxyl groups excluding tert-OH is 1. The number of hydrogen-bond donors (Lipinski definition) is 1. The Morgan fingerprint density at radius 3 is 2.44 bits per heavy atom. The van der Waals surface area contributed by atoms with E-state index in [0.717, 1.165) is 70.9 Å². The third kappa shape index (κ3) is 7.63. The van der Waals surface area contributed by atoms with E-state index in [0.29, 0.717) is 18.8 Å². The highest BCUT2D eigenvalue weighted by Gasteiger charge is 2.43. The van der Waals surface area contributed by atoms with E-state index in [9.17, 15) is 9.90 Å². The van der Waals surface area contributed by atoms with Gasteiger partial charge in [0.15, 0.2) is 12.6 Å². The van der Waals surface area contributed by atoms with E-state index < -0.39 is 6.10 Å². The lowest BCUT2D eigenvalue weighted by molar-refractivity contribution is -0.193. The van der Waals surface area contributed by atoms with Crippen molar-refractivity contribution in [3.8, 4) is 0 Å². The Labute approximate surface area is 194 Å². The number of carbonyl (C=O) groups excluding carboxylic acids is 1. The number of carbonyl (C=O) groups is 1. The highest BCUT2D eigenvalue weighted by atomic mass is 16.7. The summed E-state index contributed by atoms with van der Waals surface area (Å²) in [4.78, 5) is 11.3. The molecule has 2 heterocycles. The summed E-state index contributed by atoms with van der Waals surface area (Å²) in [7, 11) is 0. The van der Waals surface area contributed by atoms with Gasteiger partial charge >= 0.3 is 0 Å². The molecule has 1 aliphatic carbocycles. The molecule has 1 saturated carbocycles. The second-order valence-corrected chi connectivity index (χ2v) is 9.82. The number of ether oxygens (including phenoxy) is 4. The fourth-order valence-corrected chi connectivity index (χ4v) is 5.24. The van der Waals surface area contributed by atoms with Gasteiger partial charge in [-0.2, -0.15) is 0 Å². The van der Waals surface area contributed by atoms with E-state index in [4.69, 9.17) is 18.9 Å². The SMILES string of the molecule is CCCC[C@@H](C)[C@@H](C=C[C@@H]1[C@@H](CC=O)[C@@H](O)C[C@H]1OC1CCCCO1)OC1CCCCO1. The highest BCUT2D eigenvalue weighted by Crippen LogP contribution is 2.39. The minimum absolute atomic E-state index is 0.0301. The average molecular weight is 453 g/mol. The molecule has 0 bridgehead atoms. The smallest absolute Gasteiger partial charge is 0.158 e. The quantitative estimate of drug-likeness (QED) is 0.339. The van der Waals surface area contributed by atoms with Gasteiger partial charge in [0.05, 0.1) is 18.3 Å². The summed E-state index contributed by atoms with van der Waals surface area (Å²) < 4.78 is 24.4. The zero-order valence-electron chi connectivity index (χ0n) is 20.0. The Hall–Kier alpha value is -0.790. The molecule has 0 aromatic heterocycles. The van der Waals surface area contributed by atoms with Crippen LogP contribution in [-0.4, -0.2) is 55.5 Å². The number of hydrogen-bond acceptors (Lipinski definition) is 6. The molecule has 184 valence electrons. The second kappa shape index (κ2) is 13.8. The fourth-order valence-electron chi connectivity index (χ4n) is 5.24. The van der Waals surface area contributed by atoms with E-state index in [-0.39, 0.29) is 36.6 Å². The molecule has 3 rings (SSSR count). The number of rotatable bonds is 12. The van der Waals surface area contributed by atoms with Crippen molar-refractivity contribution in [1.82, 2.24) is 0 Å². The van der Waals surface area contributed by atoms with Gasteiger partial charge in [-0.1, -0.05) is 38.8 Å². The first-order valence-electron chi connectivity index (χ1n) is 13.0. The first-order chi connectivity index (χ1) is 15.6. The van der Waals surface area contributed by atoms with Crippen LogP contribution in [0.1, 0.15) is 84.5 Å². The zero-order chi connectivity index (χ0) is 22.8. The van der Waals surface area contributed by atoms with Crippen LogP contribution in [0, 0.1) is 17.8 Å². The zero-order valence-corrected chi connectivity index (χ0v) is 20.0. The molecule has 2 saturated heterocycles. The van der Waals surface area contributed by atoms with Crippen LogP contribution in [0.5, 0.6) is 0 Å². The van der Waals surface area contributed by atoms with Crippen molar-refractivity contribution in [2.45, 2.75) is 115 Å². The maximum atomic E-state index is 11.3. The van der Waals surface area contributed by atoms with Crippen LogP contribution in [0.2, 0.25) is 0 Å². The molecule has 0 spiro atoms. The average Bonchev–Trinajstić information content (AvgIpc) is 3.10. The molecule has 8 atom stereocenters. The first-order valence-corrected chi connectivity index (χ1v) is 13.0. The second-order valence-electron chi connectivity index (χ2n) is 9.82. The van der Waals surface area contributed by atoms with Crippen LogP contribution in [0.15, 0.2) is 12.2 Å². The molecule has 2 unspecified atom stereocenters. The van der Waals surface area contributed by atoms with Gasteiger partial charge in [0, 0.05) is 37.9 Å². The summed E-state index contributed by atoms with van der Waals surface area (Å²) in [5.41, 5.74) is 0. The Bertz CT molecular complexity index is 555. The Morgan fingerprint density at radius 2 is 1.81 bits per heavy atom. The van der Waals surface area contributed by atoms with Crippen LogP contribution in [-0.2, 0) is 23.7 Å². The van der Waals surface area contributed by atoms with Gasteiger partial charge in [0.25, 0.3) is 0 Å². The van der Waals surface area contributed by atoms with Gasteiger partial charge < -0.3 is 28.8 Å². The summed E-state index contributed by atoms with van der Waals surface area (Å²) in [6.07, 6.45) is 14.7. The summed E-state index contributed by atoms with van der Waals surface area (Å²) >= 11 is 0. The van der Waals surface area contributed by atoms with Gasteiger partial charge in [0.1, 0.15) is 6.29 Å². The molecule has 3 fully saturated rings. The summed E-state index contributed by atoms with van der Waals surface area (Å²) in [5.74, 6) is 0.209. The molecule has 3 aliphatic rings. The summed E-state index contributed by atoms with van der Waals surface area (Å²) in [6, 6.07) is 0. The standard InChI is InChI=1S/C26H44O6/c1-3-4-9-19(2)23(31-25-10-5-7-16-29-25)13-12-21-20(14-15-27)22(28)18-24(21)32-26-11-6-8-17-30-26/h12-13,15,19-26,28H,3-11,14,16-18H2,1-2H3/t19-,20-,21-,22+,23-,24-,25?,26?/m1/s1. The van der Waals surface area contributed by atoms with Gasteiger partial charge in [-0.25, -0.2) is 0 Å². The van der Waals surface area contributed by atoms with Crippen LogP contribution >= 0.6 is 0 Å². The predicted molar refractivity (Wildman–Crippen MR) is 123 cm³/mol. The van der Waals surface area contributed by atoms with Crippen molar-refractivity contribution in [1.29, 1.82) is 0 Å². The number of aldehydes is 1. The molecule has 0 aromatic carbocycles. The van der Waals surface area contributed by atoms with Crippen molar-refractivity contribution in [2.24, 2.45) is 17.8 Å². The van der Waals surface area contributed by atoms with Gasteiger partial charge in [0.2, 0.25) is 0 Å². The Kier molecular flexibility index (Phi) is 11.1. The van der Waals surface area contributed by atoms with E-state index in [1.807, 2.05) is 0 Å². The molecule has 6 nitrogen and oxygen atoms in total. The molecule has 6 heteroatoms. The van der Waals surface area contributed by atoms with E-state index in [1.54, 1.807) is 0 Å². The van der Waals surface area contributed by atoms with Crippen LogP contribution in [0.25, 0.3) is 0 Å². The molecule has 0 amide bonds. The van der Waals surface area contributed by atoms with Crippen molar-refractivity contribution in [3.05, 3.63) is 12.2 Å². The van der Waals surface area contributed by atoms with Crippen molar-refractivity contribution < 1.29 is 28.8 Å². The van der Waals surface area contributed by atoms with Crippen molar-refractivity contribution in [2.75, 3.05) is 13.2 Å². The highest BCUT2D eigenvalue weighted by molar-refractivity contribution is 5.50. The molecule has 0 aromatic rings. The number of unbranched alkanes of at least 4 members (excludes halogenated alkanes) is 1. The largest absolute Gasteiger partial charge is 0.393 e. The third-order valence-corrected chi connectivity index (χ3v) is 7.27. The Balaban J connectivity index is 1.71. The maximum absolute atomic E-state index is 11.3. The molecule has 1 N–H and O–H groups in total. The minimum Gasteiger partial charge on any atom is -0.393 e. The predicted octanol–water partition coefficient (Wildman–Crippen LogP) is 4.78. The van der Waals surface area contributed by atoms with Crippen LogP contribution in [0.4, 0.5) is 0 Å². The summed E-state index contributed by atoms with van der Waals surface area (Å²) in [5, 5.41) is 10.7. The van der Waals surface area contributed by atoms with Crippen molar-refractivity contribution in [3.63, 3.8) is 0 Å². The number of aliphatic hydroxyl groups is 1. The lowest BCUT2D eigenvalue weighted by Gasteiger charge is -2.31. The molecular formula is C26H44O6. The van der Waals surface area contributed by atoms with Crippen LogP contribution in [0.3, 0.4) is 0 Å². The van der Waals surface area contributed by atoms with E-state index >= 15 is 0 Å². The molecule has 0 radical (unpaired) electrons. The minimum atomic E-state index is -0.540. The van der Waals surface area contributed by atoms with Gasteiger partial charge in [-0.3, -0.25) is 0 Å². The fraction of sp³-hybridized carbons (Fsp3) is 0.885. The summed E-state index contributed by atoms with van der Waals surface area (Å²) in [6.45, 7) is 5.94. The third-order valence-electron chi connectivity index (χ3n) is 7.27. The van der Waals surface area contributed by atoms with E-state index in [1.165, 1.54) is 6.42 Å².